The van der Waals surface area contributed by atoms with E-state index in [4.69, 9.17) is 4.42 Å². The fraction of sp³-hybridized carbons (Fsp3) is 0.0952. The summed E-state index contributed by atoms with van der Waals surface area (Å²) < 4.78 is 5.63. The first-order chi connectivity index (χ1) is 11.3. The smallest absolute Gasteiger partial charge is 0.340 e. The van der Waals surface area contributed by atoms with Gasteiger partial charge >= 0.3 is 5.63 Å². The molecule has 0 N–H and O–H groups in total. The van der Waals surface area contributed by atoms with Crippen LogP contribution >= 0.6 is 0 Å². The van der Waals surface area contributed by atoms with Crippen LogP contribution in [0.5, 0.6) is 0 Å². The third-order valence-electron chi connectivity index (χ3n) is 4.82. The van der Waals surface area contributed by atoms with E-state index in [0.29, 0.717) is 5.58 Å². The molecular weight excluding hydrogens is 284 g/mol. The van der Waals surface area contributed by atoms with E-state index in [-0.39, 0.29) is 5.63 Å². The summed E-state index contributed by atoms with van der Waals surface area (Å²) in [6.07, 6.45) is 1.64. The minimum absolute atomic E-state index is 0.197. The summed E-state index contributed by atoms with van der Waals surface area (Å²) in [7, 11) is 0. The van der Waals surface area contributed by atoms with Crippen LogP contribution < -0.4 is 5.63 Å². The maximum Gasteiger partial charge on any atom is 0.340 e. The van der Waals surface area contributed by atoms with Gasteiger partial charge in [-0.3, -0.25) is 0 Å². The molecule has 0 fully saturated rings. The van der Waals surface area contributed by atoms with Crippen molar-refractivity contribution in [1.29, 1.82) is 0 Å². The fourth-order valence-corrected chi connectivity index (χ4v) is 3.78. The van der Waals surface area contributed by atoms with Gasteiger partial charge in [0.1, 0.15) is 5.58 Å². The van der Waals surface area contributed by atoms with Crippen LogP contribution in [0.3, 0.4) is 0 Å². The van der Waals surface area contributed by atoms with Crippen molar-refractivity contribution in [2.24, 2.45) is 0 Å². The molecule has 0 unspecified atom stereocenters. The fourth-order valence-electron chi connectivity index (χ4n) is 3.78. The van der Waals surface area contributed by atoms with Gasteiger partial charge in [-0.25, -0.2) is 4.79 Å². The van der Waals surface area contributed by atoms with Gasteiger partial charge in [0, 0.05) is 16.5 Å². The summed E-state index contributed by atoms with van der Waals surface area (Å²) in [5.74, 6) is 0. The summed E-state index contributed by atoms with van der Waals surface area (Å²) in [6, 6.07) is 20.6. The molecule has 0 radical (unpaired) electrons. The highest BCUT2D eigenvalue weighted by Gasteiger charge is 2.23. The monoisotopic (exact) mass is 298 g/mol. The Morgan fingerprint density at radius 2 is 1.65 bits per heavy atom. The lowest BCUT2D eigenvalue weighted by Crippen LogP contribution is -2.15. The van der Waals surface area contributed by atoms with Gasteiger partial charge in [0.05, 0.1) is 0 Å². The highest BCUT2D eigenvalue weighted by Crippen LogP contribution is 2.39. The predicted molar refractivity (Wildman–Crippen MR) is 92.8 cm³/mol. The van der Waals surface area contributed by atoms with Crippen molar-refractivity contribution in [1.82, 2.24) is 0 Å². The number of fused-ring (bicyclic) bond motifs is 7. The molecule has 0 aliphatic heterocycles. The highest BCUT2D eigenvalue weighted by atomic mass is 16.4. The van der Waals surface area contributed by atoms with Crippen molar-refractivity contribution >= 4 is 21.7 Å². The molecule has 1 heterocycles. The van der Waals surface area contributed by atoms with Crippen LogP contribution in [0, 0.1) is 0 Å². The van der Waals surface area contributed by atoms with Crippen LogP contribution in [-0.4, -0.2) is 0 Å². The lowest BCUT2D eigenvalue weighted by atomic mass is 9.84. The molecule has 0 spiro atoms. The normalized spacial score (nSPS) is 13.0. The first-order valence-electron chi connectivity index (χ1n) is 7.88. The maximum atomic E-state index is 12.5. The van der Waals surface area contributed by atoms with Crippen LogP contribution in [0.15, 0.2) is 69.9 Å². The quantitative estimate of drug-likeness (QED) is 0.347. The van der Waals surface area contributed by atoms with Gasteiger partial charge in [-0.15, -0.1) is 0 Å². The van der Waals surface area contributed by atoms with Crippen LogP contribution in [0.1, 0.15) is 11.1 Å². The van der Waals surface area contributed by atoms with Crippen LogP contribution in [-0.2, 0) is 12.8 Å². The zero-order chi connectivity index (χ0) is 15.4. The topological polar surface area (TPSA) is 30.2 Å². The molecule has 1 aliphatic carbocycles. The number of benzene rings is 3. The van der Waals surface area contributed by atoms with E-state index in [2.05, 4.69) is 30.3 Å². The van der Waals surface area contributed by atoms with E-state index in [1.54, 1.807) is 0 Å². The SMILES string of the molecule is O=c1oc2ccc3ccccc3c2c2c1CCc1ccccc1-2. The Bertz CT molecular complexity index is 1140. The third-order valence-corrected chi connectivity index (χ3v) is 4.82. The van der Waals surface area contributed by atoms with Crippen molar-refractivity contribution in [3.05, 3.63) is 82.2 Å². The van der Waals surface area contributed by atoms with Crippen molar-refractivity contribution in [2.75, 3.05) is 0 Å². The average molecular weight is 298 g/mol. The number of hydrogen-bond donors (Lipinski definition) is 0. The molecule has 2 heteroatoms. The van der Waals surface area contributed by atoms with Crippen molar-refractivity contribution < 1.29 is 4.42 Å². The minimum atomic E-state index is -0.197. The van der Waals surface area contributed by atoms with E-state index >= 15 is 0 Å². The van der Waals surface area contributed by atoms with Crippen molar-refractivity contribution in [2.45, 2.75) is 12.8 Å². The van der Waals surface area contributed by atoms with Crippen LogP contribution in [0.25, 0.3) is 32.9 Å². The van der Waals surface area contributed by atoms with Gasteiger partial charge in [-0.2, -0.15) is 0 Å². The molecule has 0 saturated heterocycles. The summed E-state index contributed by atoms with van der Waals surface area (Å²) >= 11 is 0. The second-order valence-corrected chi connectivity index (χ2v) is 6.06. The maximum absolute atomic E-state index is 12.5. The van der Waals surface area contributed by atoms with Crippen molar-refractivity contribution in [3.63, 3.8) is 0 Å². The molecular formula is C21H14O2. The van der Waals surface area contributed by atoms with Gasteiger partial charge in [0.2, 0.25) is 0 Å². The first kappa shape index (κ1) is 12.7. The van der Waals surface area contributed by atoms with Gasteiger partial charge in [-0.1, -0.05) is 54.6 Å². The van der Waals surface area contributed by atoms with Gasteiger partial charge in [0.15, 0.2) is 0 Å². The van der Waals surface area contributed by atoms with Crippen LogP contribution in [0.4, 0.5) is 0 Å². The molecule has 4 aromatic rings. The molecule has 2 nitrogen and oxygen atoms in total. The lowest BCUT2D eigenvalue weighted by molar-refractivity contribution is 0.550. The molecule has 110 valence electrons. The van der Waals surface area contributed by atoms with Gasteiger partial charge < -0.3 is 4.42 Å². The molecule has 0 atom stereocenters. The summed E-state index contributed by atoms with van der Waals surface area (Å²) in [5, 5.41) is 3.37. The molecule has 0 amide bonds. The summed E-state index contributed by atoms with van der Waals surface area (Å²) in [4.78, 5) is 12.5. The Labute approximate surface area is 133 Å². The average Bonchev–Trinajstić information content (AvgIpc) is 2.61. The highest BCUT2D eigenvalue weighted by molar-refractivity contribution is 6.13. The van der Waals surface area contributed by atoms with E-state index < -0.39 is 0 Å². The Balaban J connectivity index is 2.08. The minimum Gasteiger partial charge on any atom is -0.422 e. The first-order valence-corrected chi connectivity index (χ1v) is 7.88. The molecule has 0 bridgehead atoms. The standard InChI is InChI=1S/C21H14O2/c22-21-17-11-9-13-5-1-3-7-15(13)19(17)20-16-8-4-2-6-14(16)10-12-18(20)23-21/h1-8,10,12H,9,11H2. The van der Waals surface area contributed by atoms with E-state index in [0.717, 1.165) is 34.7 Å². The number of hydrogen-bond acceptors (Lipinski definition) is 2. The zero-order valence-corrected chi connectivity index (χ0v) is 12.5. The Hall–Kier alpha value is -2.87. The van der Waals surface area contributed by atoms with Gasteiger partial charge in [0.25, 0.3) is 0 Å². The second kappa shape index (κ2) is 4.56. The Kier molecular flexibility index (Phi) is 2.51. The Morgan fingerprint density at radius 1 is 0.826 bits per heavy atom. The van der Waals surface area contributed by atoms with Crippen molar-refractivity contribution in [3.8, 4) is 11.1 Å². The van der Waals surface area contributed by atoms with E-state index in [1.807, 2.05) is 30.3 Å². The van der Waals surface area contributed by atoms with E-state index in [9.17, 15) is 4.79 Å². The predicted octanol–water partition coefficient (Wildman–Crippen LogP) is 4.71. The lowest BCUT2D eigenvalue weighted by Gasteiger charge is -2.20. The second-order valence-electron chi connectivity index (χ2n) is 6.06. The summed E-state index contributed by atoms with van der Waals surface area (Å²) in [5.41, 5.74) is 4.83. The largest absolute Gasteiger partial charge is 0.422 e. The van der Waals surface area contributed by atoms with E-state index in [1.165, 1.54) is 16.5 Å². The molecule has 1 aliphatic rings. The molecule has 0 saturated carbocycles. The third kappa shape index (κ3) is 1.72. The molecule has 1 aromatic heterocycles. The molecule has 3 aromatic carbocycles. The zero-order valence-electron chi connectivity index (χ0n) is 12.5. The van der Waals surface area contributed by atoms with Crippen LogP contribution in [0.2, 0.25) is 0 Å². The number of aryl methyl sites for hydroxylation is 1. The number of rotatable bonds is 0. The molecule has 5 rings (SSSR count). The van der Waals surface area contributed by atoms with Gasteiger partial charge in [-0.05, 0) is 40.8 Å². The summed E-state index contributed by atoms with van der Waals surface area (Å²) in [6.45, 7) is 0. The molecule has 23 heavy (non-hydrogen) atoms. The Morgan fingerprint density at radius 3 is 2.61 bits per heavy atom.